The lowest BCUT2D eigenvalue weighted by Crippen LogP contribution is -2.51. The van der Waals surface area contributed by atoms with Crippen LogP contribution in [0.5, 0.6) is 0 Å². The van der Waals surface area contributed by atoms with Crippen molar-refractivity contribution in [2.75, 3.05) is 6.54 Å². The van der Waals surface area contributed by atoms with E-state index in [1.165, 1.54) is 0 Å². The van der Waals surface area contributed by atoms with Gasteiger partial charge in [-0.1, -0.05) is 55.1 Å². The number of hydrogen-bond acceptors (Lipinski definition) is 2. The summed E-state index contributed by atoms with van der Waals surface area (Å²) < 4.78 is 5.98. The lowest BCUT2D eigenvalue weighted by Gasteiger charge is -2.44. The Hall–Kier alpha value is -1.74. The van der Waals surface area contributed by atoms with Crippen LogP contribution in [0.1, 0.15) is 31.7 Å². The van der Waals surface area contributed by atoms with Gasteiger partial charge in [-0.3, -0.25) is 4.79 Å². The number of nitrogens with zero attached hydrogens (tertiary/aromatic N) is 1. The third-order valence-corrected chi connectivity index (χ3v) is 5.66. The van der Waals surface area contributed by atoms with Crippen LogP contribution in [-0.4, -0.2) is 23.4 Å². The summed E-state index contributed by atoms with van der Waals surface area (Å²) in [4.78, 5) is 13.9. The second kappa shape index (κ2) is 6.64. The summed E-state index contributed by atoms with van der Waals surface area (Å²) in [7, 11) is 0. The Kier molecular flexibility index (Phi) is 4.73. The van der Waals surface area contributed by atoms with Gasteiger partial charge in [0.25, 0.3) is 0 Å². The molecule has 1 aliphatic heterocycles. The lowest BCUT2D eigenvalue weighted by molar-refractivity contribution is -0.134. The molecule has 24 heavy (non-hydrogen) atoms. The van der Waals surface area contributed by atoms with Crippen molar-refractivity contribution in [2.24, 2.45) is 11.3 Å². The molecule has 1 aromatic carbocycles. The molecule has 128 valence electrons. The molecule has 1 unspecified atom stereocenters. The maximum absolute atomic E-state index is 12.0. The summed E-state index contributed by atoms with van der Waals surface area (Å²) in [5.74, 6) is 0.969. The maximum atomic E-state index is 12.0. The van der Waals surface area contributed by atoms with E-state index in [4.69, 9.17) is 16.3 Å². The molecule has 1 aromatic rings. The van der Waals surface area contributed by atoms with Crippen LogP contribution in [0.3, 0.4) is 0 Å². The van der Waals surface area contributed by atoms with Crippen LogP contribution in [0.15, 0.2) is 54.3 Å². The minimum Gasteiger partial charge on any atom is -0.493 e. The third kappa shape index (κ3) is 3.36. The molecule has 2 aliphatic rings. The highest BCUT2D eigenvalue weighted by Crippen LogP contribution is 2.61. The molecule has 3 nitrogen and oxygen atoms in total. The first-order valence-electron chi connectivity index (χ1n) is 8.40. The topological polar surface area (TPSA) is 29.5 Å². The van der Waals surface area contributed by atoms with Gasteiger partial charge in [0.1, 0.15) is 6.61 Å². The Morgan fingerprint density at radius 2 is 2.00 bits per heavy atom. The van der Waals surface area contributed by atoms with E-state index in [-0.39, 0.29) is 23.3 Å². The predicted octanol–water partition coefficient (Wildman–Crippen LogP) is 4.49. The number of halogens is 1. The molecule has 0 bridgehead atoms. The van der Waals surface area contributed by atoms with Crippen molar-refractivity contribution in [1.29, 1.82) is 0 Å². The van der Waals surface area contributed by atoms with Gasteiger partial charge in [0.05, 0.1) is 11.8 Å². The third-order valence-electron chi connectivity index (χ3n) is 5.41. The minimum absolute atomic E-state index is 0.0261. The average Bonchev–Trinajstić information content (AvgIpc) is 3.32. The molecular formula is C20H24ClNO2. The zero-order valence-electron chi connectivity index (χ0n) is 14.1. The van der Waals surface area contributed by atoms with Crippen molar-refractivity contribution in [3.63, 3.8) is 0 Å². The summed E-state index contributed by atoms with van der Waals surface area (Å²) in [5.41, 5.74) is 1.29. The molecule has 1 heterocycles. The van der Waals surface area contributed by atoms with Gasteiger partial charge >= 0.3 is 0 Å². The SMILES string of the molecule is C=C(Cl)C1CC2(CC2)[C@@H](C(=C)OCc2ccccc2)CN1C(C)=O. The normalized spacial score (nSPS) is 24.5. The fourth-order valence-corrected chi connectivity index (χ4v) is 3.99. The molecule has 2 atom stereocenters. The number of piperidine rings is 1. The molecule has 3 rings (SSSR count). The lowest BCUT2D eigenvalue weighted by atomic mass is 9.77. The van der Waals surface area contributed by atoms with E-state index in [0.29, 0.717) is 18.2 Å². The summed E-state index contributed by atoms with van der Waals surface area (Å²) >= 11 is 6.18. The molecule has 1 spiro atoms. The van der Waals surface area contributed by atoms with Crippen LogP contribution < -0.4 is 0 Å². The highest BCUT2D eigenvalue weighted by molar-refractivity contribution is 6.30. The molecular weight excluding hydrogens is 322 g/mol. The number of amides is 1. The average molecular weight is 346 g/mol. The van der Waals surface area contributed by atoms with Crippen LogP contribution in [0.25, 0.3) is 0 Å². The van der Waals surface area contributed by atoms with E-state index in [9.17, 15) is 4.79 Å². The van der Waals surface area contributed by atoms with E-state index in [1.54, 1.807) is 6.92 Å². The number of carbonyl (C=O) groups excluding carboxylic acids is 1. The van der Waals surface area contributed by atoms with E-state index in [1.807, 2.05) is 35.2 Å². The number of rotatable bonds is 5. The molecule has 1 saturated carbocycles. The fraction of sp³-hybridized carbons (Fsp3) is 0.450. The van der Waals surface area contributed by atoms with Gasteiger partial charge in [0.2, 0.25) is 5.91 Å². The molecule has 0 aromatic heterocycles. The van der Waals surface area contributed by atoms with Crippen molar-refractivity contribution in [3.05, 3.63) is 59.8 Å². The van der Waals surface area contributed by atoms with Crippen molar-refractivity contribution in [1.82, 2.24) is 4.90 Å². The van der Waals surface area contributed by atoms with Gasteiger partial charge in [-0.15, -0.1) is 0 Å². The molecule has 2 fully saturated rings. The smallest absolute Gasteiger partial charge is 0.220 e. The van der Waals surface area contributed by atoms with Crippen molar-refractivity contribution in [2.45, 2.75) is 38.8 Å². The molecule has 0 N–H and O–H groups in total. The molecule has 1 amide bonds. The van der Waals surface area contributed by atoms with Gasteiger partial charge in [-0.2, -0.15) is 0 Å². The molecule has 1 aliphatic carbocycles. The number of benzene rings is 1. The Bertz CT molecular complexity index is 651. The van der Waals surface area contributed by atoms with E-state index in [2.05, 4.69) is 13.2 Å². The first kappa shape index (κ1) is 17.1. The van der Waals surface area contributed by atoms with Crippen molar-refractivity contribution >= 4 is 17.5 Å². The second-order valence-electron chi connectivity index (χ2n) is 6.99. The summed E-state index contributed by atoms with van der Waals surface area (Å²) in [5, 5.41) is 0.547. The molecule has 1 saturated heterocycles. The van der Waals surface area contributed by atoms with Crippen LogP contribution in [0.2, 0.25) is 0 Å². The van der Waals surface area contributed by atoms with Crippen LogP contribution in [0, 0.1) is 11.3 Å². The Morgan fingerprint density at radius 3 is 2.54 bits per heavy atom. The number of ether oxygens (including phenoxy) is 1. The van der Waals surface area contributed by atoms with Crippen molar-refractivity contribution < 1.29 is 9.53 Å². The minimum atomic E-state index is -0.0789. The Labute approximate surface area is 148 Å². The van der Waals surface area contributed by atoms with Gasteiger partial charge in [-0.05, 0) is 30.2 Å². The Balaban J connectivity index is 1.71. The number of likely N-dealkylation sites (tertiary alicyclic amines) is 1. The van der Waals surface area contributed by atoms with E-state index in [0.717, 1.165) is 30.6 Å². The zero-order valence-corrected chi connectivity index (χ0v) is 14.9. The van der Waals surface area contributed by atoms with Crippen LogP contribution in [-0.2, 0) is 16.1 Å². The van der Waals surface area contributed by atoms with Gasteiger partial charge in [-0.25, -0.2) is 0 Å². The quantitative estimate of drug-likeness (QED) is 0.736. The second-order valence-corrected chi connectivity index (χ2v) is 7.48. The number of hydrogen-bond donors (Lipinski definition) is 0. The predicted molar refractivity (Wildman–Crippen MR) is 96.3 cm³/mol. The van der Waals surface area contributed by atoms with Crippen LogP contribution >= 0.6 is 11.6 Å². The van der Waals surface area contributed by atoms with E-state index < -0.39 is 0 Å². The number of carbonyl (C=O) groups is 1. The van der Waals surface area contributed by atoms with Crippen LogP contribution in [0.4, 0.5) is 0 Å². The van der Waals surface area contributed by atoms with Gasteiger partial charge in [0, 0.05) is 24.4 Å². The largest absolute Gasteiger partial charge is 0.493 e. The maximum Gasteiger partial charge on any atom is 0.220 e. The highest BCUT2D eigenvalue weighted by Gasteiger charge is 2.56. The summed E-state index contributed by atoms with van der Waals surface area (Å²) in [6.07, 6.45) is 3.13. The summed E-state index contributed by atoms with van der Waals surface area (Å²) in [6, 6.07) is 9.98. The highest BCUT2D eigenvalue weighted by atomic mass is 35.5. The van der Waals surface area contributed by atoms with E-state index >= 15 is 0 Å². The fourth-order valence-electron chi connectivity index (χ4n) is 3.79. The summed E-state index contributed by atoms with van der Waals surface area (Å²) in [6.45, 7) is 10.8. The van der Waals surface area contributed by atoms with Crippen molar-refractivity contribution in [3.8, 4) is 0 Å². The first-order chi connectivity index (χ1) is 11.4. The standard InChI is InChI=1S/C20H24ClNO2/c1-14(21)19-11-20(9-10-20)18(12-22(19)16(3)23)15(2)24-13-17-7-5-4-6-8-17/h4-8,18-19H,1-2,9-13H2,3H3/t18-,19?/m1/s1. The molecule has 0 radical (unpaired) electrons. The van der Waals surface area contributed by atoms with Gasteiger partial charge in [0.15, 0.2) is 0 Å². The van der Waals surface area contributed by atoms with Gasteiger partial charge < -0.3 is 9.64 Å². The molecule has 4 heteroatoms. The Morgan fingerprint density at radius 1 is 1.33 bits per heavy atom. The monoisotopic (exact) mass is 345 g/mol. The first-order valence-corrected chi connectivity index (χ1v) is 8.78. The zero-order chi connectivity index (χ0) is 17.3.